The Hall–Kier alpha value is -3.90. The van der Waals surface area contributed by atoms with Gasteiger partial charge in [-0.3, -0.25) is 4.90 Å². The van der Waals surface area contributed by atoms with Crippen LogP contribution in [0.25, 0.3) is 28.2 Å². The first-order valence-corrected chi connectivity index (χ1v) is 12.6. The summed E-state index contributed by atoms with van der Waals surface area (Å²) in [5, 5.41) is 4.69. The Morgan fingerprint density at radius 3 is 2.59 bits per heavy atom. The molecule has 2 N–H and O–H groups in total. The van der Waals surface area contributed by atoms with Gasteiger partial charge in [-0.25, -0.2) is 14.5 Å². The zero-order chi connectivity index (χ0) is 27.6. The van der Waals surface area contributed by atoms with Gasteiger partial charge < -0.3 is 19.9 Å². The summed E-state index contributed by atoms with van der Waals surface area (Å²) >= 11 is 0. The standard InChI is InChI=1S/C27H29F3N6O3/c1-17-25(19-14-20(27(28,29)30)26(31)32-16-19)36-24(33-17)7-5-21(34-36)18-4-6-22(23(15-18)37-2)39-11-3-8-35-9-12-38-13-10-35/h4-7,14-16H,3,8-13H2,1-2H3,(H2,31,32). The second-order valence-electron chi connectivity index (χ2n) is 9.21. The molecular weight excluding hydrogens is 513 g/mol. The number of nitrogens with two attached hydrogens (primary N) is 1. The average Bonchev–Trinajstić information content (AvgIpc) is 3.26. The van der Waals surface area contributed by atoms with Crippen LogP contribution in [0.15, 0.2) is 42.6 Å². The normalized spacial score (nSPS) is 14.6. The van der Waals surface area contributed by atoms with Gasteiger partial charge in [0.05, 0.1) is 49.6 Å². The van der Waals surface area contributed by atoms with Crippen LogP contribution in [0.2, 0.25) is 0 Å². The molecule has 4 aromatic rings. The molecule has 0 amide bonds. The van der Waals surface area contributed by atoms with E-state index in [1.165, 1.54) is 10.7 Å². The summed E-state index contributed by atoms with van der Waals surface area (Å²) in [4.78, 5) is 10.6. The maximum Gasteiger partial charge on any atom is 0.419 e. The fourth-order valence-corrected chi connectivity index (χ4v) is 4.60. The Morgan fingerprint density at radius 1 is 1.05 bits per heavy atom. The topological polar surface area (TPSA) is 100 Å². The number of anilines is 1. The Labute approximate surface area is 223 Å². The van der Waals surface area contributed by atoms with Crippen LogP contribution in [0.1, 0.15) is 17.7 Å². The van der Waals surface area contributed by atoms with Crippen LogP contribution in [0, 0.1) is 6.92 Å². The molecular formula is C27H29F3N6O3. The van der Waals surface area contributed by atoms with Gasteiger partial charge in [0, 0.05) is 37.0 Å². The van der Waals surface area contributed by atoms with E-state index in [2.05, 4.69) is 14.9 Å². The minimum Gasteiger partial charge on any atom is -0.493 e. The van der Waals surface area contributed by atoms with Gasteiger partial charge in [-0.1, -0.05) is 0 Å². The lowest BCUT2D eigenvalue weighted by atomic mass is 10.1. The van der Waals surface area contributed by atoms with E-state index in [9.17, 15) is 13.2 Å². The van der Waals surface area contributed by atoms with E-state index < -0.39 is 17.6 Å². The van der Waals surface area contributed by atoms with E-state index in [0.717, 1.165) is 50.9 Å². The molecule has 1 fully saturated rings. The van der Waals surface area contributed by atoms with Crippen molar-refractivity contribution in [2.45, 2.75) is 19.5 Å². The number of aromatic nitrogens is 4. The summed E-state index contributed by atoms with van der Waals surface area (Å²) in [5.74, 6) is 0.596. The molecule has 12 heteroatoms. The highest BCUT2D eigenvalue weighted by molar-refractivity contribution is 5.70. The molecule has 0 spiro atoms. The molecule has 0 bridgehead atoms. The molecule has 0 aliphatic carbocycles. The third-order valence-electron chi connectivity index (χ3n) is 6.59. The lowest BCUT2D eigenvalue weighted by Crippen LogP contribution is -2.37. The first-order chi connectivity index (χ1) is 18.7. The Kier molecular flexibility index (Phi) is 7.58. The van der Waals surface area contributed by atoms with Gasteiger partial charge in [-0.05, 0) is 49.7 Å². The molecule has 1 aliphatic heterocycles. The van der Waals surface area contributed by atoms with Gasteiger partial charge in [0.25, 0.3) is 0 Å². The number of pyridine rings is 1. The van der Waals surface area contributed by atoms with Crippen molar-refractivity contribution in [2.24, 2.45) is 0 Å². The molecule has 0 saturated carbocycles. The molecule has 9 nitrogen and oxygen atoms in total. The van der Waals surface area contributed by atoms with Crippen LogP contribution in [0.3, 0.4) is 0 Å². The van der Waals surface area contributed by atoms with E-state index in [-0.39, 0.29) is 5.56 Å². The molecule has 206 valence electrons. The van der Waals surface area contributed by atoms with E-state index in [0.29, 0.717) is 40.8 Å². The highest BCUT2D eigenvalue weighted by Gasteiger charge is 2.34. The number of hydrogen-bond donors (Lipinski definition) is 1. The quantitative estimate of drug-likeness (QED) is 0.326. The van der Waals surface area contributed by atoms with Crippen LogP contribution in [0.5, 0.6) is 11.5 Å². The number of rotatable bonds is 8. The fourth-order valence-electron chi connectivity index (χ4n) is 4.60. The number of methoxy groups -OCH3 is 1. The highest BCUT2D eigenvalue weighted by Crippen LogP contribution is 2.36. The number of imidazole rings is 1. The molecule has 1 saturated heterocycles. The van der Waals surface area contributed by atoms with Gasteiger partial charge in [0.15, 0.2) is 17.1 Å². The van der Waals surface area contributed by atoms with Crippen molar-refractivity contribution in [3.63, 3.8) is 0 Å². The van der Waals surface area contributed by atoms with E-state index in [4.69, 9.17) is 25.0 Å². The van der Waals surface area contributed by atoms with Gasteiger partial charge in [-0.2, -0.15) is 18.3 Å². The molecule has 39 heavy (non-hydrogen) atoms. The predicted molar refractivity (Wildman–Crippen MR) is 140 cm³/mol. The highest BCUT2D eigenvalue weighted by atomic mass is 19.4. The van der Waals surface area contributed by atoms with Crippen LogP contribution in [-0.4, -0.2) is 71.0 Å². The second-order valence-corrected chi connectivity index (χ2v) is 9.21. The third kappa shape index (κ3) is 5.76. The number of benzene rings is 1. The molecule has 0 atom stereocenters. The van der Waals surface area contributed by atoms with Crippen LogP contribution >= 0.6 is 0 Å². The van der Waals surface area contributed by atoms with E-state index in [1.807, 2.05) is 18.2 Å². The maximum atomic E-state index is 13.5. The number of morpholine rings is 1. The smallest absolute Gasteiger partial charge is 0.419 e. The first-order valence-electron chi connectivity index (χ1n) is 12.6. The summed E-state index contributed by atoms with van der Waals surface area (Å²) in [6.07, 6.45) is -2.46. The summed E-state index contributed by atoms with van der Waals surface area (Å²) in [5.41, 5.74) is 7.43. The molecule has 1 aromatic carbocycles. The number of hydrogen-bond acceptors (Lipinski definition) is 8. The number of fused-ring (bicyclic) bond motifs is 1. The van der Waals surface area contributed by atoms with Crippen molar-refractivity contribution in [2.75, 3.05) is 52.3 Å². The van der Waals surface area contributed by atoms with Gasteiger partial charge in [0.1, 0.15) is 5.82 Å². The van der Waals surface area contributed by atoms with Crippen LogP contribution < -0.4 is 15.2 Å². The summed E-state index contributed by atoms with van der Waals surface area (Å²) in [7, 11) is 1.57. The number of nitrogens with zero attached hydrogens (tertiary/aromatic N) is 5. The fraction of sp³-hybridized carbons (Fsp3) is 0.370. The lowest BCUT2D eigenvalue weighted by molar-refractivity contribution is -0.137. The second kappa shape index (κ2) is 11.1. The summed E-state index contributed by atoms with van der Waals surface area (Å²) < 4.78 is 58.9. The predicted octanol–water partition coefficient (Wildman–Crippen LogP) is 4.48. The van der Waals surface area contributed by atoms with Crippen molar-refractivity contribution in [1.82, 2.24) is 24.5 Å². The average molecular weight is 543 g/mol. The van der Waals surface area contributed by atoms with E-state index in [1.54, 1.807) is 26.2 Å². The van der Waals surface area contributed by atoms with Gasteiger partial charge >= 0.3 is 6.18 Å². The number of halogens is 3. The zero-order valence-electron chi connectivity index (χ0n) is 21.7. The Balaban J connectivity index is 1.40. The number of alkyl halides is 3. The molecule has 5 rings (SSSR count). The van der Waals surface area contributed by atoms with Crippen molar-refractivity contribution in [3.05, 3.63) is 53.9 Å². The summed E-state index contributed by atoms with van der Waals surface area (Å²) in [6.45, 7) is 6.60. The molecule has 3 aromatic heterocycles. The number of ether oxygens (including phenoxy) is 3. The van der Waals surface area contributed by atoms with Gasteiger partial charge in [0.2, 0.25) is 0 Å². The lowest BCUT2D eigenvalue weighted by Gasteiger charge is -2.26. The van der Waals surface area contributed by atoms with Crippen molar-refractivity contribution in [1.29, 1.82) is 0 Å². The molecule has 0 radical (unpaired) electrons. The number of aryl methyl sites for hydroxylation is 1. The van der Waals surface area contributed by atoms with E-state index >= 15 is 0 Å². The molecule has 4 heterocycles. The zero-order valence-corrected chi connectivity index (χ0v) is 21.7. The van der Waals surface area contributed by atoms with Crippen molar-refractivity contribution >= 4 is 11.5 Å². The summed E-state index contributed by atoms with van der Waals surface area (Å²) in [6, 6.07) is 10.0. The third-order valence-corrected chi connectivity index (χ3v) is 6.59. The van der Waals surface area contributed by atoms with Gasteiger partial charge in [-0.15, -0.1) is 0 Å². The molecule has 0 unspecified atom stereocenters. The van der Waals surface area contributed by atoms with Crippen molar-refractivity contribution in [3.8, 4) is 34.0 Å². The Bertz CT molecular complexity index is 1470. The minimum atomic E-state index is -4.64. The number of nitrogen functional groups attached to an aromatic ring is 1. The maximum absolute atomic E-state index is 13.5. The SMILES string of the molecule is COc1cc(-c2ccc3nc(C)c(-c4cnc(N)c(C(F)(F)F)c4)n3n2)ccc1OCCCN1CCOCC1. The monoisotopic (exact) mass is 542 g/mol. The van der Waals surface area contributed by atoms with Crippen LogP contribution in [0.4, 0.5) is 19.0 Å². The first kappa shape index (κ1) is 26.7. The largest absolute Gasteiger partial charge is 0.493 e. The minimum absolute atomic E-state index is 0.213. The van der Waals surface area contributed by atoms with Crippen molar-refractivity contribution < 1.29 is 27.4 Å². The molecule has 1 aliphatic rings. The Morgan fingerprint density at radius 2 is 1.85 bits per heavy atom. The van der Waals surface area contributed by atoms with Crippen LogP contribution in [-0.2, 0) is 10.9 Å².